The number of nitro groups is 1. The molecule has 25 heavy (non-hydrogen) atoms. The SMILES string of the molecule is C[C@H]1CCCN(C(=O)c2ccc(COc3ccccc3[N+](=O)[O-])o2)C1. The van der Waals surface area contributed by atoms with Gasteiger partial charge in [0.2, 0.25) is 0 Å². The number of likely N-dealkylation sites (tertiary alicyclic amines) is 1. The van der Waals surface area contributed by atoms with Crippen LogP contribution in [0.1, 0.15) is 36.1 Å². The van der Waals surface area contributed by atoms with Gasteiger partial charge in [-0.05, 0) is 37.0 Å². The van der Waals surface area contributed by atoms with E-state index in [0.29, 0.717) is 11.7 Å². The summed E-state index contributed by atoms with van der Waals surface area (Å²) in [7, 11) is 0. The highest BCUT2D eigenvalue weighted by molar-refractivity contribution is 5.91. The molecule has 0 saturated carbocycles. The minimum Gasteiger partial charge on any atom is -0.479 e. The summed E-state index contributed by atoms with van der Waals surface area (Å²) in [6.45, 7) is 3.63. The molecular formula is C18H20N2O5. The van der Waals surface area contributed by atoms with Crippen LogP contribution in [-0.2, 0) is 6.61 Å². The number of piperidine rings is 1. The van der Waals surface area contributed by atoms with Crippen LogP contribution in [0.15, 0.2) is 40.8 Å². The van der Waals surface area contributed by atoms with Crippen LogP contribution in [0, 0.1) is 16.0 Å². The van der Waals surface area contributed by atoms with Gasteiger partial charge >= 0.3 is 5.69 Å². The molecule has 2 aromatic rings. The summed E-state index contributed by atoms with van der Waals surface area (Å²) in [4.78, 5) is 24.8. The Bertz CT molecular complexity index is 770. The van der Waals surface area contributed by atoms with Crippen molar-refractivity contribution in [1.29, 1.82) is 0 Å². The third-order valence-corrected chi connectivity index (χ3v) is 4.25. The van der Waals surface area contributed by atoms with Crippen LogP contribution in [0.2, 0.25) is 0 Å². The molecule has 7 nitrogen and oxygen atoms in total. The third kappa shape index (κ3) is 3.99. The fourth-order valence-corrected chi connectivity index (χ4v) is 2.98. The summed E-state index contributed by atoms with van der Waals surface area (Å²) in [5.41, 5.74) is -0.104. The highest BCUT2D eigenvalue weighted by Crippen LogP contribution is 2.27. The number of carbonyl (C=O) groups is 1. The van der Waals surface area contributed by atoms with E-state index in [0.717, 1.165) is 25.9 Å². The largest absolute Gasteiger partial charge is 0.479 e. The van der Waals surface area contributed by atoms with Crippen LogP contribution in [0.4, 0.5) is 5.69 Å². The van der Waals surface area contributed by atoms with Gasteiger partial charge in [-0.2, -0.15) is 0 Å². The van der Waals surface area contributed by atoms with Gasteiger partial charge in [0, 0.05) is 19.2 Å². The second kappa shape index (κ2) is 7.38. The number of nitro benzene ring substituents is 1. The molecular weight excluding hydrogens is 324 g/mol. The number of hydrogen-bond acceptors (Lipinski definition) is 5. The van der Waals surface area contributed by atoms with Crippen molar-refractivity contribution in [3.8, 4) is 5.75 Å². The van der Waals surface area contributed by atoms with Crippen LogP contribution in [0.25, 0.3) is 0 Å². The maximum atomic E-state index is 12.5. The Hall–Kier alpha value is -2.83. The van der Waals surface area contributed by atoms with Gasteiger partial charge in [-0.3, -0.25) is 14.9 Å². The quantitative estimate of drug-likeness (QED) is 0.610. The molecule has 0 spiro atoms. The molecule has 1 atom stereocenters. The number of amides is 1. The van der Waals surface area contributed by atoms with Crippen LogP contribution >= 0.6 is 0 Å². The second-order valence-electron chi connectivity index (χ2n) is 6.28. The molecule has 3 rings (SSSR count). The number of ether oxygens (including phenoxy) is 1. The van der Waals surface area contributed by atoms with Crippen LogP contribution in [0.5, 0.6) is 5.75 Å². The molecule has 1 aliphatic heterocycles. The number of benzene rings is 1. The Morgan fingerprint density at radius 2 is 2.16 bits per heavy atom. The van der Waals surface area contributed by atoms with E-state index in [2.05, 4.69) is 6.92 Å². The van der Waals surface area contributed by atoms with Crippen LogP contribution in [-0.4, -0.2) is 28.8 Å². The van der Waals surface area contributed by atoms with Crippen molar-refractivity contribution in [2.45, 2.75) is 26.4 Å². The average molecular weight is 344 g/mol. The first-order valence-electron chi connectivity index (χ1n) is 8.29. The maximum Gasteiger partial charge on any atom is 0.310 e. The van der Waals surface area contributed by atoms with Gasteiger partial charge in [0.25, 0.3) is 5.91 Å². The number of carbonyl (C=O) groups excluding carboxylic acids is 1. The average Bonchev–Trinajstić information content (AvgIpc) is 3.08. The van der Waals surface area contributed by atoms with Crippen molar-refractivity contribution < 1.29 is 18.9 Å². The Kier molecular flexibility index (Phi) is 5.02. The number of nitrogens with zero attached hydrogens (tertiary/aromatic N) is 2. The molecule has 0 bridgehead atoms. The number of hydrogen-bond donors (Lipinski definition) is 0. The van der Waals surface area contributed by atoms with Gasteiger partial charge in [-0.15, -0.1) is 0 Å². The van der Waals surface area contributed by atoms with Crippen LogP contribution in [0.3, 0.4) is 0 Å². The fraction of sp³-hybridized carbons (Fsp3) is 0.389. The van der Waals surface area contributed by atoms with Gasteiger partial charge in [-0.25, -0.2) is 0 Å². The van der Waals surface area contributed by atoms with Gasteiger partial charge in [0.1, 0.15) is 12.4 Å². The van der Waals surface area contributed by atoms with E-state index in [4.69, 9.17) is 9.15 Å². The highest BCUT2D eigenvalue weighted by atomic mass is 16.6. The molecule has 0 radical (unpaired) electrons. The summed E-state index contributed by atoms with van der Waals surface area (Å²) in [6, 6.07) is 9.44. The predicted molar refractivity (Wildman–Crippen MR) is 90.4 cm³/mol. The van der Waals surface area contributed by atoms with Crippen molar-refractivity contribution in [3.05, 3.63) is 58.0 Å². The first-order chi connectivity index (χ1) is 12.0. The second-order valence-corrected chi connectivity index (χ2v) is 6.28. The van der Waals surface area contributed by atoms with E-state index in [-0.39, 0.29) is 29.7 Å². The Labute approximate surface area is 145 Å². The predicted octanol–water partition coefficient (Wildman–Crippen LogP) is 3.64. The zero-order valence-electron chi connectivity index (χ0n) is 14.0. The van der Waals surface area contributed by atoms with Gasteiger partial charge < -0.3 is 14.1 Å². The molecule has 132 valence electrons. The lowest BCUT2D eigenvalue weighted by Gasteiger charge is -2.30. The van der Waals surface area contributed by atoms with Crippen molar-refractivity contribution in [2.75, 3.05) is 13.1 Å². The third-order valence-electron chi connectivity index (χ3n) is 4.25. The lowest BCUT2D eigenvalue weighted by Crippen LogP contribution is -2.38. The van der Waals surface area contributed by atoms with E-state index < -0.39 is 4.92 Å². The highest BCUT2D eigenvalue weighted by Gasteiger charge is 2.24. The normalized spacial score (nSPS) is 17.3. The Balaban J connectivity index is 1.64. The maximum absolute atomic E-state index is 12.5. The molecule has 0 N–H and O–H groups in total. The number of para-hydroxylation sites is 2. The molecule has 1 aromatic heterocycles. The van der Waals surface area contributed by atoms with Crippen molar-refractivity contribution in [1.82, 2.24) is 4.90 Å². The summed E-state index contributed by atoms with van der Waals surface area (Å²) in [5.74, 6) is 1.26. The molecule has 1 aromatic carbocycles. The van der Waals surface area contributed by atoms with E-state index >= 15 is 0 Å². The van der Waals surface area contributed by atoms with E-state index in [1.54, 1.807) is 29.2 Å². The number of furan rings is 1. The molecule has 7 heteroatoms. The van der Waals surface area contributed by atoms with Crippen molar-refractivity contribution in [3.63, 3.8) is 0 Å². The minimum absolute atomic E-state index is 0.0224. The fourth-order valence-electron chi connectivity index (χ4n) is 2.98. The standard InChI is InChI=1S/C18H20N2O5/c1-13-5-4-10-19(11-13)18(21)17-9-8-14(25-17)12-24-16-7-3-2-6-15(16)20(22)23/h2-3,6-9,13H,4-5,10-12H2,1H3/t13-/m0/s1. The summed E-state index contributed by atoms with van der Waals surface area (Å²) >= 11 is 0. The molecule has 1 fully saturated rings. The monoisotopic (exact) mass is 344 g/mol. The topological polar surface area (TPSA) is 85.8 Å². The van der Waals surface area contributed by atoms with E-state index in [1.165, 1.54) is 12.1 Å². The van der Waals surface area contributed by atoms with Gasteiger partial charge in [0.05, 0.1) is 4.92 Å². The van der Waals surface area contributed by atoms with Gasteiger partial charge in [-0.1, -0.05) is 19.1 Å². The molecule has 0 aliphatic carbocycles. The minimum atomic E-state index is -0.496. The molecule has 1 amide bonds. The van der Waals surface area contributed by atoms with Crippen molar-refractivity contribution in [2.24, 2.45) is 5.92 Å². The first-order valence-corrected chi connectivity index (χ1v) is 8.29. The summed E-state index contributed by atoms with van der Waals surface area (Å²) < 4.78 is 11.0. The van der Waals surface area contributed by atoms with Crippen molar-refractivity contribution >= 4 is 11.6 Å². The lowest BCUT2D eigenvalue weighted by molar-refractivity contribution is -0.386. The first kappa shape index (κ1) is 17.0. The molecule has 1 aliphatic rings. The van der Waals surface area contributed by atoms with Crippen LogP contribution < -0.4 is 4.74 Å². The lowest BCUT2D eigenvalue weighted by atomic mass is 10.0. The molecule has 0 unspecified atom stereocenters. The van der Waals surface area contributed by atoms with Gasteiger partial charge in [0.15, 0.2) is 11.5 Å². The Morgan fingerprint density at radius 1 is 1.36 bits per heavy atom. The molecule has 1 saturated heterocycles. The Morgan fingerprint density at radius 3 is 2.92 bits per heavy atom. The van der Waals surface area contributed by atoms with E-state index in [9.17, 15) is 14.9 Å². The molecule has 2 heterocycles. The smallest absolute Gasteiger partial charge is 0.310 e. The zero-order valence-corrected chi connectivity index (χ0v) is 14.0. The summed E-state index contributed by atoms with van der Waals surface area (Å²) in [5, 5.41) is 11.0. The number of rotatable bonds is 5. The zero-order chi connectivity index (χ0) is 17.8. The van der Waals surface area contributed by atoms with E-state index in [1.807, 2.05) is 0 Å². The summed E-state index contributed by atoms with van der Waals surface area (Å²) in [6.07, 6.45) is 2.14.